The largest absolute Gasteiger partial charge is 0.395 e. The van der Waals surface area contributed by atoms with Crippen LogP contribution in [0.4, 0.5) is 0 Å². The molecule has 0 saturated carbocycles. The van der Waals surface area contributed by atoms with E-state index >= 15 is 0 Å². The molecule has 0 fully saturated rings. The topological polar surface area (TPSA) is 65.4 Å². The molecule has 6 heteroatoms. The highest BCUT2D eigenvalue weighted by molar-refractivity contribution is 4.48. The van der Waals surface area contributed by atoms with Gasteiger partial charge in [-0.2, -0.15) is 0 Å². The lowest BCUT2D eigenvalue weighted by Gasteiger charge is -2.15. The number of aliphatic hydroxyl groups is 2. The third kappa shape index (κ3) is 12.0. The zero-order valence-electron chi connectivity index (χ0n) is 11.0. The third-order valence-corrected chi connectivity index (χ3v) is 2.33. The zero-order chi connectivity index (χ0) is 12.9. The number of ether oxygens (including phenoxy) is 2. The van der Waals surface area contributed by atoms with Crippen molar-refractivity contribution in [1.29, 1.82) is 0 Å². The third-order valence-electron chi connectivity index (χ3n) is 2.33. The van der Waals surface area contributed by atoms with Gasteiger partial charge in [0.25, 0.3) is 0 Å². The van der Waals surface area contributed by atoms with Crippen LogP contribution in [0.2, 0.25) is 0 Å². The highest BCUT2D eigenvalue weighted by Crippen LogP contribution is 1.85. The zero-order valence-corrected chi connectivity index (χ0v) is 11.0. The summed E-state index contributed by atoms with van der Waals surface area (Å²) < 4.78 is 10.7. The Hall–Kier alpha value is -0.240. The molecule has 0 unspecified atom stereocenters. The molecule has 0 rings (SSSR count). The molecule has 6 nitrogen and oxygen atoms in total. The second-order valence-electron chi connectivity index (χ2n) is 3.97. The molecular weight excluding hydrogens is 224 g/mol. The maximum Gasteiger partial charge on any atom is 0.0954 e. The molecule has 17 heavy (non-hydrogen) atoms. The number of rotatable bonds is 12. The minimum Gasteiger partial charge on any atom is -0.395 e. The molecule has 0 atom stereocenters. The quantitative estimate of drug-likeness (QED) is 0.336. The van der Waals surface area contributed by atoms with Crippen molar-refractivity contribution in [3.63, 3.8) is 0 Å². The normalized spacial score (nSPS) is 11.6. The lowest BCUT2D eigenvalue weighted by molar-refractivity contribution is 0.0258. The van der Waals surface area contributed by atoms with Gasteiger partial charge < -0.3 is 24.6 Å². The summed E-state index contributed by atoms with van der Waals surface area (Å²) in [6.45, 7) is 4.84. The van der Waals surface area contributed by atoms with Gasteiger partial charge in [-0.05, 0) is 14.1 Å². The second-order valence-corrected chi connectivity index (χ2v) is 3.97. The van der Waals surface area contributed by atoms with Crippen molar-refractivity contribution in [1.82, 2.24) is 9.80 Å². The Bertz CT molecular complexity index is 160. The van der Waals surface area contributed by atoms with Crippen molar-refractivity contribution in [2.45, 2.75) is 0 Å². The van der Waals surface area contributed by atoms with Crippen LogP contribution in [0.1, 0.15) is 0 Å². The Kier molecular flexibility index (Phi) is 12.1. The number of likely N-dealkylation sites (N-methyl/N-ethyl adjacent to an activating group) is 2. The molecule has 2 N–H and O–H groups in total. The van der Waals surface area contributed by atoms with Crippen molar-refractivity contribution in [2.24, 2.45) is 0 Å². The van der Waals surface area contributed by atoms with E-state index in [4.69, 9.17) is 19.7 Å². The van der Waals surface area contributed by atoms with Crippen LogP contribution < -0.4 is 0 Å². The lowest BCUT2D eigenvalue weighted by Crippen LogP contribution is -2.27. The average molecular weight is 250 g/mol. The van der Waals surface area contributed by atoms with Crippen LogP contribution in [-0.4, -0.2) is 93.5 Å². The van der Waals surface area contributed by atoms with Gasteiger partial charge in [0.15, 0.2) is 0 Å². The minimum absolute atomic E-state index is 0.0526. The summed E-state index contributed by atoms with van der Waals surface area (Å²) >= 11 is 0. The first-order valence-electron chi connectivity index (χ1n) is 5.95. The lowest BCUT2D eigenvalue weighted by atomic mass is 10.5. The molecule has 0 spiro atoms. The number of aliphatic hydroxyl groups excluding tert-OH is 2. The van der Waals surface area contributed by atoms with E-state index in [0.29, 0.717) is 33.0 Å². The first-order valence-corrected chi connectivity index (χ1v) is 5.95. The monoisotopic (exact) mass is 250 g/mol. The molecule has 0 aromatic carbocycles. The number of hydrogen-bond donors (Lipinski definition) is 2. The Morgan fingerprint density at radius 3 is 1.76 bits per heavy atom. The summed E-state index contributed by atoms with van der Waals surface area (Å²) in [6.07, 6.45) is 0. The summed E-state index contributed by atoms with van der Waals surface area (Å²) in [5.74, 6) is 0. The van der Waals surface area contributed by atoms with Crippen LogP contribution in [0, 0.1) is 0 Å². The fourth-order valence-corrected chi connectivity index (χ4v) is 1.12. The van der Waals surface area contributed by atoms with Gasteiger partial charge in [-0.15, -0.1) is 0 Å². The van der Waals surface area contributed by atoms with Crippen LogP contribution in [-0.2, 0) is 9.47 Å². The van der Waals surface area contributed by atoms with Gasteiger partial charge in [-0.1, -0.05) is 0 Å². The molecule has 0 aliphatic carbocycles. The Labute approximate surface area is 104 Å². The van der Waals surface area contributed by atoms with Crippen LogP contribution in [0.3, 0.4) is 0 Å². The van der Waals surface area contributed by atoms with E-state index in [-0.39, 0.29) is 13.3 Å². The van der Waals surface area contributed by atoms with E-state index in [1.807, 2.05) is 19.0 Å². The smallest absolute Gasteiger partial charge is 0.0954 e. The Morgan fingerprint density at radius 1 is 0.765 bits per heavy atom. The molecule has 0 amide bonds. The summed E-state index contributed by atoms with van der Waals surface area (Å²) in [6, 6.07) is 0. The summed E-state index contributed by atoms with van der Waals surface area (Å²) in [7, 11) is 3.78. The van der Waals surface area contributed by atoms with Gasteiger partial charge >= 0.3 is 0 Å². The van der Waals surface area contributed by atoms with Gasteiger partial charge in [-0.3, -0.25) is 4.90 Å². The Morgan fingerprint density at radius 2 is 1.29 bits per heavy atom. The fourth-order valence-electron chi connectivity index (χ4n) is 1.12. The molecule has 0 radical (unpaired) electrons. The first-order chi connectivity index (χ1) is 8.20. The summed E-state index contributed by atoms with van der Waals surface area (Å²) in [5, 5.41) is 17.4. The predicted molar refractivity (Wildman–Crippen MR) is 65.9 cm³/mol. The molecule has 0 aromatic heterocycles. The van der Waals surface area contributed by atoms with Gasteiger partial charge in [0.2, 0.25) is 0 Å². The van der Waals surface area contributed by atoms with Crippen LogP contribution >= 0.6 is 0 Å². The van der Waals surface area contributed by atoms with Gasteiger partial charge in [0.05, 0.1) is 39.8 Å². The van der Waals surface area contributed by atoms with Crippen molar-refractivity contribution < 1.29 is 19.7 Å². The van der Waals surface area contributed by atoms with Gasteiger partial charge in [0, 0.05) is 19.6 Å². The molecule has 104 valence electrons. The minimum atomic E-state index is 0.0526. The average Bonchev–Trinajstić information content (AvgIpc) is 2.32. The van der Waals surface area contributed by atoms with Crippen molar-refractivity contribution in [3.8, 4) is 0 Å². The van der Waals surface area contributed by atoms with Crippen molar-refractivity contribution >= 4 is 0 Å². The van der Waals surface area contributed by atoms with Crippen molar-refractivity contribution in [3.05, 3.63) is 0 Å². The van der Waals surface area contributed by atoms with Gasteiger partial charge in [-0.25, -0.2) is 0 Å². The molecule has 0 aliphatic rings. The molecule has 0 saturated heterocycles. The maximum absolute atomic E-state index is 8.73. The van der Waals surface area contributed by atoms with E-state index in [0.717, 1.165) is 13.1 Å². The standard InChI is InChI=1S/C11H26N2O4/c1-12(3-6-14)4-7-16-9-10-17-8-5-13(2)11-15/h14-15H,3-11H2,1-2H3. The van der Waals surface area contributed by atoms with E-state index in [2.05, 4.69) is 0 Å². The summed E-state index contributed by atoms with van der Waals surface area (Å²) in [4.78, 5) is 3.78. The molecule has 0 heterocycles. The highest BCUT2D eigenvalue weighted by atomic mass is 16.5. The predicted octanol–water partition coefficient (Wildman–Crippen LogP) is -1.17. The van der Waals surface area contributed by atoms with Crippen LogP contribution in [0.15, 0.2) is 0 Å². The van der Waals surface area contributed by atoms with Gasteiger partial charge in [0.1, 0.15) is 0 Å². The van der Waals surface area contributed by atoms with Crippen molar-refractivity contribution in [2.75, 3.05) is 73.5 Å². The highest BCUT2D eigenvalue weighted by Gasteiger charge is 1.97. The van der Waals surface area contributed by atoms with E-state index in [1.165, 1.54) is 0 Å². The van der Waals surface area contributed by atoms with E-state index in [9.17, 15) is 0 Å². The maximum atomic E-state index is 8.73. The fraction of sp³-hybridized carbons (Fsp3) is 1.00. The molecule has 0 aromatic rings. The number of hydrogen-bond acceptors (Lipinski definition) is 6. The summed E-state index contributed by atoms with van der Waals surface area (Å²) in [5.41, 5.74) is 0. The Balaban J connectivity index is 3.08. The first kappa shape index (κ1) is 16.8. The SMILES string of the molecule is CN(CO)CCOCCOCCN(C)CCO. The molecular formula is C11H26N2O4. The molecule has 0 bridgehead atoms. The van der Waals surface area contributed by atoms with Crippen LogP contribution in [0.25, 0.3) is 0 Å². The van der Waals surface area contributed by atoms with E-state index < -0.39 is 0 Å². The number of nitrogens with zero attached hydrogens (tertiary/aromatic N) is 2. The second kappa shape index (κ2) is 12.2. The van der Waals surface area contributed by atoms with Crippen LogP contribution in [0.5, 0.6) is 0 Å². The molecule has 0 aliphatic heterocycles. The van der Waals surface area contributed by atoms with E-state index in [1.54, 1.807) is 4.90 Å².